The van der Waals surface area contributed by atoms with Gasteiger partial charge in [-0.2, -0.15) is 17.7 Å². The summed E-state index contributed by atoms with van der Waals surface area (Å²) in [6.45, 7) is 0. The van der Waals surface area contributed by atoms with Gasteiger partial charge in [0.1, 0.15) is 0 Å². The second-order valence-electron chi connectivity index (χ2n) is 1.61. The molecule has 0 aliphatic carbocycles. The molecular weight excluding hydrogens is 316 g/mol. The van der Waals surface area contributed by atoms with Crippen LogP contribution in [-0.4, -0.2) is 6.29 Å². The molecule has 0 spiro atoms. The molecule has 0 saturated carbocycles. The summed E-state index contributed by atoms with van der Waals surface area (Å²) >= 11 is -4.83. The fourth-order valence-electron chi connectivity index (χ4n) is 0.506. The van der Waals surface area contributed by atoms with Crippen molar-refractivity contribution in [1.29, 1.82) is 0 Å². The van der Waals surface area contributed by atoms with E-state index in [0.717, 1.165) is 0 Å². The summed E-state index contributed by atoms with van der Waals surface area (Å²) in [4.78, 5) is 9.88. The Morgan fingerprint density at radius 2 is 1.50 bits per heavy atom. The first-order valence-electron chi connectivity index (χ1n) is 2.74. The van der Waals surface area contributed by atoms with Crippen LogP contribution in [0.4, 0.5) is 3.80 Å². The molecule has 0 atom stereocenters. The SMILES string of the molecule is O=[C-]c1ccccc1.[F][Tb]([F])[F]. The Morgan fingerprint density at radius 1 is 1.08 bits per heavy atom. The summed E-state index contributed by atoms with van der Waals surface area (Å²) in [5, 5.41) is 0. The van der Waals surface area contributed by atoms with Crippen molar-refractivity contribution in [2.75, 3.05) is 0 Å². The Morgan fingerprint density at radius 3 is 1.75 bits per heavy atom. The summed E-state index contributed by atoms with van der Waals surface area (Å²) in [5.74, 6) is 0. The predicted octanol–water partition coefficient (Wildman–Crippen LogP) is 2.41. The van der Waals surface area contributed by atoms with Crippen molar-refractivity contribution in [3.63, 3.8) is 0 Å². The van der Waals surface area contributed by atoms with E-state index in [1.54, 1.807) is 30.6 Å². The van der Waals surface area contributed by atoms with Gasteiger partial charge in [-0.25, -0.2) is 0 Å². The van der Waals surface area contributed by atoms with Gasteiger partial charge in [0.15, 0.2) is 0 Å². The van der Waals surface area contributed by atoms with Gasteiger partial charge in [-0.15, -0.1) is 12.1 Å². The van der Waals surface area contributed by atoms with Crippen LogP contribution in [0.1, 0.15) is 5.56 Å². The van der Waals surface area contributed by atoms with Gasteiger partial charge in [-0.1, -0.05) is 6.07 Å². The quantitative estimate of drug-likeness (QED) is 0.726. The molecule has 1 aromatic carbocycles. The second-order valence-corrected chi connectivity index (χ2v) is 2.53. The fraction of sp³-hybridized carbons (Fsp3) is 0. The third-order valence-electron chi connectivity index (χ3n) is 0.892. The van der Waals surface area contributed by atoms with Gasteiger partial charge in [0.25, 0.3) is 0 Å². The van der Waals surface area contributed by atoms with Crippen LogP contribution in [0.15, 0.2) is 30.3 Å². The molecule has 1 nitrogen and oxygen atoms in total. The van der Waals surface area contributed by atoms with Crippen LogP contribution in [0, 0.1) is 35.0 Å². The molecule has 70 valence electrons. The molecule has 0 heterocycles. The van der Waals surface area contributed by atoms with Crippen LogP contribution >= 0.6 is 0 Å². The molecule has 0 amide bonds. The molecule has 0 aliphatic heterocycles. The third kappa shape index (κ3) is 8.07. The van der Waals surface area contributed by atoms with E-state index in [0.29, 0.717) is 5.56 Å². The topological polar surface area (TPSA) is 17.1 Å². The first-order chi connectivity index (χ1) is 5.66. The van der Waals surface area contributed by atoms with E-state index in [-0.39, 0.29) is 0 Å². The maximum absolute atomic E-state index is 9.88. The fourth-order valence-corrected chi connectivity index (χ4v) is 0.506. The molecule has 1 rings (SSSR count). The summed E-state index contributed by atoms with van der Waals surface area (Å²) in [5.41, 5.74) is 0.604. The van der Waals surface area contributed by atoms with E-state index in [1.165, 1.54) is 0 Å². The second kappa shape index (κ2) is 7.61. The molecule has 5 heteroatoms. The number of hydrogen-bond donors (Lipinski definition) is 0. The molecule has 0 fully saturated rings. The van der Waals surface area contributed by atoms with Crippen molar-refractivity contribution in [2.45, 2.75) is 0 Å². The molecule has 0 bridgehead atoms. The Balaban J connectivity index is 0.000000261. The van der Waals surface area contributed by atoms with E-state index >= 15 is 0 Å². The van der Waals surface area contributed by atoms with Crippen molar-refractivity contribution >= 4 is 6.29 Å². The van der Waals surface area contributed by atoms with Crippen molar-refractivity contribution in [2.24, 2.45) is 0 Å². The molecule has 0 saturated heterocycles. The Bertz CT molecular complexity index is 212. The van der Waals surface area contributed by atoms with Gasteiger partial charge in [-0.3, -0.25) is 0 Å². The molecule has 0 N–H and O–H groups in total. The van der Waals surface area contributed by atoms with Crippen molar-refractivity contribution in [3.8, 4) is 0 Å². The summed E-state index contributed by atoms with van der Waals surface area (Å²) in [6, 6.07) is 8.90. The zero-order valence-electron chi connectivity index (χ0n) is 5.76. The van der Waals surface area contributed by atoms with Gasteiger partial charge in [0.2, 0.25) is 0 Å². The monoisotopic (exact) mass is 321 g/mol. The number of halogens is 3. The van der Waals surface area contributed by atoms with Crippen molar-refractivity contribution in [1.82, 2.24) is 0 Å². The standard InChI is InChI=1S/C7H5O.3FH.Tb/c8-6-7-4-2-1-3-5-7;;;;/h1-5H;3*1H;/q-1;;;;+3/p-3. The molecule has 0 unspecified atom stereocenters. The predicted molar refractivity (Wildman–Crippen MR) is 34.6 cm³/mol. The molecule has 0 radical (unpaired) electrons. The summed E-state index contributed by atoms with van der Waals surface area (Å²) in [7, 11) is 0. The van der Waals surface area contributed by atoms with Crippen LogP contribution < -0.4 is 0 Å². The molecule has 0 aromatic heterocycles. The van der Waals surface area contributed by atoms with Crippen molar-refractivity contribution < 1.29 is 43.6 Å². The van der Waals surface area contributed by atoms with E-state index in [2.05, 4.69) is 0 Å². The Kier molecular flexibility index (Phi) is 7.58. The van der Waals surface area contributed by atoms with Gasteiger partial charge in [0.05, 0.1) is 6.29 Å². The number of benzene rings is 1. The average molecular weight is 321 g/mol. The van der Waals surface area contributed by atoms with Gasteiger partial charge >= 0.3 is 38.8 Å². The zero-order chi connectivity index (χ0) is 9.40. The number of carbonyl (C=O) groups excluding carboxylic acids is 1. The minimum atomic E-state index is -4.83. The van der Waals surface area contributed by atoms with Crippen LogP contribution in [0.3, 0.4) is 0 Å². The van der Waals surface area contributed by atoms with E-state index in [9.17, 15) is 8.59 Å². The van der Waals surface area contributed by atoms with Crippen molar-refractivity contribution in [3.05, 3.63) is 35.9 Å². The van der Waals surface area contributed by atoms with Crippen LogP contribution in [0.2, 0.25) is 0 Å². The molecule has 1 aromatic rings. The Hall–Kier alpha value is -0.0343. The summed E-state index contributed by atoms with van der Waals surface area (Å²) in [6.07, 6.45) is 1.78. The van der Waals surface area contributed by atoms with E-state index in [4.69, 9.17) is 0 Å². The molecule has 12 heavy (non-hydrogen) atoms. The molecular formula is C7H5F3OTb-. The normalized spacial score (nSPS) is 9.42. The minimum absolute atomic E-state index is 0.604. The zero-order valence-corrected chi connectivity index (χ0v) is 7.90. The van der Waals surface area contributed by atoms with Gasteiger partial charge in [-0.05, 0) is 0 Å². The van der Waals surface area contributed by atoms with Crippen LogP contribution in [0.25, 0.3) is 0 Å². The maximum atomic E-state index is 9.88. The van der Waals surface area contributed by atoms with Gasteiger partial charge in [0, 0.05) is 0 Å². The number of rotatable bonds is 1. The first-order valence-corrected chi connectivity index (χ1v) is 5.17. The Labute approximate surface area is 85.2 Å². The average Bonchev–Trinajstić information content (AvgIpc) is 2.05. The summed E-state index contributed by atoms with van der Waals surface area (Å²) < 4.78 is 29.5. The van der Waals surface area contributed by atoms with Crippen LogP contribution in [0.5, 0.6) is 0 Å². The first kappa shape index (κ1) is 12.0. The van der Waals surface area contributed by atoms with E-state index in [1.807, 2.05) is 6.07 Å². The van der Waals surface area contributed by atoms with Gasteiger partial charge < -0.3 is 4.79 Å². The van der Waals surface area contributed by atoms with Crippen LogP contribution in [-0.2, 0) is 4.79 Å². The van der Waals surface area contributed by atoms with E-state index < -0.39 is 35.0 Å². The third-order valence-corrected chi connectivity index (χ3v) is 0.892. The molecule has 0 aliphatic rings. The number of hydrogen-bond acceptors (Lipinski definition) is 1.